The number of hydrogen-bond donors (Lipinski definition) is 0. The molecule has 0 aliphatic heterocycles. The van der Waals surface area contributed by atoms with Crippen molar-refractivity contribution in [2.24, 2.45) is 0 Å². The first-order chi connectivity index (χ1) is 11.7. The molecule has 3 rings (SSSR count). The van der Waals surface area contributed by atoms with Crippen LogP contribution in [-0.4, -0.2) is 17.9 Å². The first-order valence-corrected chi connectivity index (χ1v) is 8.23. The third kappa shape index (κ3) is 4.96. The van der Waals surface area contributed by atoms with Crippen LogP contribution in [0.2, 0.25) is 0 Å². The molecule has 128 valence electrons. The summed E-state index contributed by atoms with van der Waals surface area (Å²) in [5, 5.41) is 0. The summed E-state index contributed by atoms with van der Waals surface area (Å²) in [5.41, 5.74) is 2.56. The quantitative estimate of drug-likeness (QED) is 0.418. The van der Waals surface area contributed by atoms with Crippen molar-refractivity contribution in [1.29, 1.82) is 0 Å². The highest BCUT2D eigenvalue weighted by Crippen LogP contribution is 2.18. The minimum absolute atomic E-state index is 0. The molecule has 0 unspecified atom stereocenters. The van der Waals surface area contributed by atoms with Gasteiger partial charge in [0, 0.05) is 21.7 Å². The van der Waals surface area contributed by atoms with Gasteiger partial charge in [-0.2, -0.15) is 0 Å². The maximum atomic E-state index is 12.3. The number of ether oxygens (including phenoxy) is 1. The van der Waals surface area contributed by atoms with E-state index >= 15 is 0 Å². The van der Waals surface area contributed by atoms with Gasteiger partial charge >= 0.3 is 0 Å². The van der Waals surface area contributed by atoms with Crippen molar-refractivity contribution in [3.05, 3.63) is 77.2 Å². The maximum absolute atomic E-state index is 12.3. The molecule has 4 nitrogen and oxygen atoms in total. The molecule has 0 amide bonds. The van der Waals surface area contributed by atoms with Gasteiger partial charge in [-0.15, -0.1) is 17.0 Å². The molecular formula is C19H17Br2N2O2+. The lowest BCUT2D eigenvalue weighted by Crippen LogP contribution is -2.37. The van der Waals surface area contributed by atoms with E-state index in [1.165, 1.54) is 0 Å². The predicted octanol–water partition coefficient (Wildman–Crippen LogP) is 4.27. The molecule has 1 aromatic heterocycles. The van der Waals surface area contributed by atoms with Crippen LogP contribution in [0.5, 0.6) is 5.75 Å². The van der Waals surface area contributed by atoms with E-state index in [1.807, 2.05) is 36.5 Å². The van der Waals surface area contributed by atoms with Crippen LogP contribution < -0.4 is 9.30 Å². The minimum atomic E-state index is 0. The normalized spacial score (nSPS) is 10.0. The Morgan fingerprint density at radius 3 is 2.32 bits per heavy atom. The Bertz CT molecular complexity index is 833. The molecule has 0 radical (unpaired) electrons. The molecule has 3 aromatic rings. The number of carbonyl (C=O) groups is 1. The third-order valence-corrected chi connectivity index (χ3v) is 4.18. The summed E-state index contributed by atoms with van der Waals surface area (Å²) in [4.78, 5) is 16.7. The lowest BCUT2D eigenvalue weighted by atomic mass is 10.1. The zero-order valence-electron chi connectivity index (χ0n) is 13.6. The van der Waals surface area contributed by atoms with Crippen molar-refractivity contribution < 1.29 is 14.1 Å². The van der Waals surface area contributed by atoms with Gasteiger partial charge in [-0.3, -0.25) is 4.79 Å². The van der Waals surface area contributed by atoms with Crippen LogP contribution in [0.25, 0.3) is 11.3 Å². The van der Waals surface area contributed by atoms with Crippen LogP contribution in [0.3, 0.4) is 0 Å². The highest BCUT2D eigenvalue weighted by Gasteiger charge is 2.12. The average Bonchev–Trinajstić information content (AvgIpc) is 2.63. The van der Waals surface area contributed by atoms with E-state index in [4.69, 9.17) is 4.74 Å². The van der Waals surface area contributed by atoms with E-state index in [9.17, 15) is 4.79 Å². The Hall–Kier alpha value is -2.05. The van der Waals surface area contributed by atoms with Gasteiger partial charge in [-0.1, -0.05) is 15.9 Å². The van der Waals surface area contributed by atoms with Gasteiger partial charge in [0.15, 0.2) is 12.2 Å². The fourth-order valence-corrected chi connectivity index (χ4v) is 2.57. The van der Waals surface area contributed by atoms with Gasteiger partial charge in [0.2, 0.25) is 5.78 Å². The van der Waals surface area contributed by atoms with Gasteiger partial charge in [0.25, 0.3) is 6.33 Å². The number of halogens is 2. The monoisotopic (exact) mass is 463 g/mol. The first kappa shape index (κ1) is 19.3. The number of carbonyl (C=O) groups excluding carboxylic acids is 1. The minimum Gasteiger partial charge on any atom is -0.497 e. The number of ketones is 1. The SMILES string of the molecule is Br.COc1ccc(C(=O)C[n+]2ccc(-c3ccc(Br)cc3)nc2)cc1. The van der Waals surface area contributed by atoms with E-state index in [-0.39, 0.29) is 29.3 Å². The zero-order chi connectivity index (χ0) is 16.9. The van der Waals surface area contributed by atoms with Crippen molar-refractivity contribution >= 4 is 38.7 Å². The van der Waals surface area contributed by atoms with Crippen LogP contribution in [0.15, 0.2) is 71.6 Å². The first-order valence-electron chi connectivity index (χ1n) is 7.44. The van der Waals surface area contributed by atoms with Gasteiger partial charge in [-0.05, 0) is 53.5 Å². The summed E-state index contributed by atoms with van der Waals surface area (Å²) in [5.74, 6) is 0.764. The van der Waals surface area contributed by atoms with Crippen LogP contribution in [0.1, 0.15) is 10.4 Å². The molecule has 0 aliphatic rings. The molecular weight excluding hydrogens is 448 g/mol. The summed E-state index contributed by atoms with van der Waals surface area (Å²) < 4.78 is 7.90. The summed E-state index contributed by atoms with van der Waals surface area (Å²) >= 11 is 3.42. The third-order valence-electron chi connectivity index (χ3n) is 3.65. The zero-order valence-corrected chi connectivity index (χ0v) is 16.9. The average molecular weight is 465 g/mol. The highest BCUT2D eigenvalue weighted by atomic mass is 79.9. The lowest BCUT2D eigenvalue weighted by molar-refractivity contribution is -0.686. The van der Waals surface area contributed by atoms with Crippen molar-refractivity contribution in [2.75, 3.05) is 7.11 Å². The molecule has 0 spiro atoms. The number of aromatic nitrogens is 2. The van der Waals surface area contributed by atoms with Gasteiger partial charge in [0.1, 0.15) is 5.75 Å². The van der Waals surface area contributed by atoms with Crippen LogP contribution in [0, 0.1) is 0 Å². The van der Waals surface area contributed by atoms with E-state index in [0.29, 0.717) is 5.56 Å². The molecule has 0 saturated heterocycles. The second-order valence-corrected chi connectivity index (χ2v) is 6.19. The Morgan fingerprint density at radius 1 is 1.08 bits per heavy atom. The topological polar surface area (TPSA) is 43.1 Å². The molecule has 0 atom stereocenters. The van der Waals surface area contributed by atoms with Gasteiger partial charge in [-0.25, -0.2) is 4.57 Å². The lowest BCUT2D eigenvalue weighted by Gasteiger charge is -2.03. The number of benzene rings is 2. The fraction of sp³-hybridized carbons (Fsp3) is 0.105. The number of hydrogen-bond acceptors (Lipinski definition) is 3. The van der Waals surface area contributed by atoms with E-state index in [1.54, 1.807) is 42.3 Å². The van der Waals surface area contributed by atoms with Crippen molar-refractivity contribution in [2.45, 2.75) is 6.54 Å². The molecule has 0 fully saturated rings. The Balaban J connectivity index is 0.00000225. The molecule has 6 heteroatoms. The predicted molar refractivity (Wildman–Crippen MR) is 105 cm³/mol. The van der Waals surface area contributed by atoms with Crippen molar-refractivity contribution in [3.8, 4) is 17.0 Å². The van der Waals surface area contributed by atoms with E-state index < -0.39 is 0 Å². The summed E-state index contributed by atoms with van der Waals surface area (Å²) in [7, 11) is 1.60. The molecule has 0 saturated carbocycles. The largest absolute Gasteiger partial charge is 0.497 e. The number of rotatable bonds is 5. The number of nitrogens with zero attached hydrogens (tertiary/aromatic N) is 2. The summed E-state index contributed by atoms with van der Waals surface area (Å²) in [6, 6.07) is 17.0. The summed E-state index contributed by atoms with van der Waals surface area (Å²) in [6.45, 7) is 0.250. The molecule has 25 heavy (non-hydrogen) atoms. The van der Waals surface area contributed by atoms with E-state index in [2.05, 4.69) is 20.9 Å². The molecule has 0 N–H and O–H groups in total. The molecule has 1 heterocycles. The smallest absolute Gasteiger partial charge is 0.287 e. The summed E-state index contributed by atoms with van der Waals surface area (Å²) in [6.07, 6.45) is 3.55. The molecule has 2 aromatic carbocycles. The molecule has 0 aliphatic carbocycles. The van der Waals surface area contributed by atoms with Gasteiger partial charge in [0.05, 0.1) is 13.3 Å². The number of methoxy groups -OCH3 is 1. The Morgan fingerprint density at radius 2 is 1.76 bits per heavy atom. The highest BCUT2D eigenvalue weighted by molar-refractivity contribution is 9.10. The van der Waals surface area contributed by atoms with E-state index in [0.717, 1.165) is 21.5 Å². The number of Topliss-reactive ketones (excluding diaryl/α,β-unsaturated/α-hetero) is 1. The van der Waals surface area contributed by atoms with Crippen LogP contribution in [-0.2, 0) is 6.54 Å². The van der Waals surface area contributed by atoms with Crippen LogP contribution in [0.4, 0.5) is 0 Å². The van der Waals surface area contributed by atoms with Gasteiger partial charge < -0.3 is 4.74 Å². The second-order valence-electron chi connectivity index (χ2n) is 5.28. The maximum Gasteiger partial charge on any atom is 0.287 e. The Labute approximate surface area is 165 Å². The van der Waals surface area contributed by atoms with Crippen molar-refractivity contribution in [1.82, 2.24) is 4.98 Å². The molecule has 0 bridgehead atoms. The van der Waals surface area contributed by atoms with Crippen molar-refractivity contribution in [3.63, 3.8) is 0 Å². The standard InChI is InChI=1S/C19H16BrN2O2.BrH/c1-24-17-8-4-15(5-9-17)19(23)12-22-11-10-18(21-13-22)14-2-6-16(20)7-3-14;/h2-11,13H,12H2,1H3;1H/q+1;. The fourth-order valence-electron chi connectivity index (χ4n) is 2.30. The Kier molecular flexibility index (Phi) is 6.84. The second kappa shape index (κ2) is 8.87. The van der Waals surface area contributed by atoms with Crippen LogP contribution >= 0.6 is 32.9 Å².